The molecule has 0 saturated heterocycles. The van der Waals surface area contributed by atoms with E-state index >= 15 is 0 Å². The molecule has 0 radical (unpaired) electrons. The quantitative estimate of drug-likeness (QED) is 0.811. The van der Waals surface area contributed by atoms with Crippen LogP contribution in [0.25, 0.3) is 0 Å². The number of alkyl halides is 1. The fourth-order valence-electron chi connectivity index (χ4n) is 1.57. The number of benzene rings is 1. The van der Waals surface area contributed by atoms with Gasteiger partial charge in [-0.2, -0.15) is 0 Å². The number of hydrogen-bond acceptors (Lipinski definition) is 1. The number of aliphatic carboxylic acids is 1. The van der Waals surface area contributed by atoms with Gasteiger partial charge < -0.3 is 5.11 Å². The van der Waals surface area contributed by atoms with Gasteiger partial charge in [-0.05, 0) is 12.0 Å². The Morgan fingerprint density at radius 1 is 1.40 bits per heavy atom. The normalized spacial score (nSPS) is 14.5. The van der Waals surface area contributed by atoms with E-state index in [0.717, 1.165) is 5.56 Å². The Hall–Kier alpha value is -1.38. The van der Waals surface area contributed by atoms with Gasteiger partial charge in [-0.1, -0.05) is 37.3 Å². The first-order chi connectivity index (χ1) is 7.15. The lowest BCUT2D eigenvalue weighted by atomic mass is 9.95. The van der Waals surface area contributed by atoms with Crippen LogP contribution in [0.4, 0.5) is 4.39 Å². The topological polar surface area (TPSA) is 37.3 Å². The van der Waals surface area contributed by atoms with Gasteiger partial charge in [-0.3, -0.25) is 4.79 Å². The zero-order valence-corrected chi connectivity index (χ0v) is 8.69. The minimum atomic E-state index is -1.31. The summed E-state index contributed by atoms with van der Waals surface area (Å²) in [5.41, 5.74) is 0.838. The van der Waals surface area contributed by atoms with Crippen molar-refractivity contribution in [2.75, 3.05) is 0 Å². The molecule has 0 spiro atoms. The SMILES string of the molecule is CCC(C(=O)O)C(F)Cc1ccccc1. The molecule has 0 aliphatic carbocycles. The van der Waals surface area contributed by atoms with Gasteiger partial charge in [0.15, 0.2) is 0 Å². The van der Waals surface area contributed by atoms with Crippen LogP contribution < -0.4 is 0 Å². The number of rotatable bonds is 5. The van der Waals surface area contributed by atoms with E-state index in [-0.39, 0.29) is 6.42 Å². The molecule has 0 heterocycles. The molecule has 2 atom stereocenters. The predicted molar refractivity (Wildman–Crippen MR) is 56.5 cm³/mol. The number of carbonyl (C=O) groups is 1. The fraction of sp³-hybridized carbons (Fsp3) is 0.417. The van der Waals surface area contributed by atoms with Crippen molar-refractivity contribution in [3.05, 3.63) is 35.9 Å². The predicted octanol–water partition coefficient (Wildman–Crippen LogP) is 2.68. The Morgan fingerprint density at radius 3 is 2.47 bits per heavy atom. The van der Waals surface area contributed by atoms with E-state index in [1.54, 1.807) is 19.1 Å². The lowest BCUT2D eigenvalue weighted by Crippen LogP contribution is -2.25. The zero-order valence-electron chi connectivity index (χ0n) is 8.69. The summed E-state index contributed by atoms with van der Waals surface area (Å²) in [4.78, 5) is 10.7. The van der Waals surface area contributed by atoms with Crippen molar-refractivity contribution < 1.29 is 14.3 Å². The Kier molecular flexibility index (Phi) is 4.28. The maximum atomic E-state index is 13.6. The molecule has 0 bridgehead atoms. The molecule has 0 aliphatic rings. The minimum absolute atomic E-state index is 0.172. The van der Waals surface area contributed by atoms with Crippen LogP contribution in [-0.4, -0.2) is 17.2 Å². The first-order valence-electron chi connectivity index (χ1n) is 5.06. The molecule has 1 N–H and O–H groups in total. The van der Waals surface area contributed by atoms with Gasteiger partial charge in [-0.15, -0.1) is 0 Å². The third kappa shape index (κ3) is 3.35. The highest BCUT2D eigenvalue weighted by Gasteiger charge is 2.26. The number of carboxylic acid groups (broad SMARTS) is 1. The number of hydrogen-bond donors (Lipinski definition) is 1. The Labute approximate surface area is 88.7 Å². The summed E-state index contributed by atoms with van der Waals surface area (Å²) in [5, 5.41) is 8.78. The van der Waals surface area contributed by atoms with Crippen LogP contribution in [0.5, 0.6) is 0 Å². The smallest absolute Gasteiger partial charge is 0.309 e. The van der Waals surface area contributed by atoms with Gasteiger partial charge in [0.05, 0.1) is 5.92 Å². The van der Waals surface area contributed by atoms with Crippen LogP contribution in [0.3, 0.4) is 0 Å². The second-order valence-corrected chi connectivity index (χ2v) is 3.56. The summed E-state index contributed by atoms with van der Waals surface area (Å²) >= 11 is 0. The van der Waals surface area contributed by atoms with Crippen LogP contribution in [0.15, 0.2) is 30.3 Å². The Bertz CT molecular complexity index is 311. The Morgan fingerprint density at radius 2 is 2.00 bits per heavy atom. The van der Waals surface area contributed by atoms with E-state index in [9.17, 15) is 9.18 Å². The highest BCUT2D eigenvalue weighted by Crippen LogP contribution is 2.17. The van der Waals surface area contributed by atoms with Gasteiger partial charge in [0.2, 0.25) is 0 Å². The Balaban J connectivity index is 2.62. The summed E-state index contributed by atoms with van der Waals surface area (Å²) in [7, 11) is 0. The third-order valence-electron chi connectivity index (χ3n) is 2.47. The van der Waals surface area contributed by atoms with E-state index in [1.807, 2.05) is 18.2 Å². The average molecular weight is 210 g/mol. The molecule has 0 amide bonds. The molecule has 1 aromatic carbocycles. The van der Waals surface area contributed by atoms with Gasteiger partial charge in [0.1, 0.15) is 6.17 Å². The second kappa shape index (κ2) is 5.49. The monoisotopic (exact) mass is 210 g/mol. The molecule has 0 aromatic heterocycles. The van der Waals surface area contributed by atoms with Gasteiger partial charge >= 0.3 is 5.97 Å². The van der Waals surface area contributed by atoms with Crippen LogP contribution in [0, 0.1) is 5.92 Å². The maximum absolute atomic E-state index is 13.6. The molecule has 1 rings (SSSR count). The highest BCUT2D eigenvalue weighted by molar-refractivity contribution is 5.70. The average Bonchev–Trinajstić information content (AvgIpc) is 2.19. The van der Waals surface area contributed by atoms with E-state index in [1.165, 1.54) is 0 Å². The molecule has 2 unspecified atom stereocenters. The zero-order chi connectivity index (χ0) is 11.3. The molecule has 2 nitrogen and oxygen atoms in total. The van der Waals surface area contributed by atoms with Crippen LogP contribution >= 0.6 is 0 Å². The molecular weight excluding hydrogens is 195 g/mol. The van der Waals surface area contributed by atoms with Crippen LogP contribution in [0.1, 0.15) is 18.9 Å². The largest absolute Gasteiger partial charge is 0.481 e. The van der Waals surface area contributed by atoms with E-state index in [0.29, 0.717) is 6.42 Å². The van der Waals surface area contributed by atoms with Crippen molar-refractivity contribution in [3.63, 3.8) is 0 Å². The van der Waals surface area contributed by atoms with Crippen LogP contribution in [-0.2, 0) is 11.2 Å². The lowest BCUT2D eigenvalue weighted by Gasteiger charge is -2.15. The van der Waals surface area contributed by atoms with Gasteiger partial charge in [-0.25, -0.2) is 4.39 Å². The summed E-state index contributed by atoms with van der Waals surface area (Å²) in [6.45, 7) is 1.69. The molecule has 3 heteroatoms. The lowest BCUT2D eigenvalue weighted by molar-refractivity contribution is -0.144. The standard InChI is InChI=1S/C12H15FO2/c1-2-10(12(14)15)11(13)8-9-6-4-3-5-7-9/h3-7,10-11H,2,8H2,1H3,(H,14,15). The van der Waals surface area contributed by atoms with E-state index < -0.39 is 18.1 Å². The highest BCUT2D eigenvalue weighted by atomic mass is 19.1. The minimum Gasteiger partial charge on any atom is -0.481 e. The van der Waals surface area contributed by atoms with E-state index in [2.05, 4.69) is 0 Å². The van der Waals surface area contributed by atoms with Crippen molar-refractivity contribution >= 4 is 5.97 Å². The first-order valence-corrected chi connectivity index (χ1v) is 5.06. The van der Waals surface area contributed by atoms with E-state index in [4.69, 9.17) is 5.11 Å². The summed E-state index contributed by atoms with van der Waals surface area (Å²) in [5.74, 6) is -1.95. The first kappa shape index (κ1) is 11.7. The van der Waals surface area contributed by atoms with Crippen molar-refractivity contribution in [1.82, 2.24) is 0 Å². The molecule has 82 valence electrons. The molecule has 0 saturated carbocycles. The third-order valence-corrected chi connectivity index (χ3v) is 2.47. The van der Waals surface area contributed by atoms with Gasteiger partial charge in [0.25, 0.3) is 0 Å². The summed E-state index contributed by atoms with van der Waals surface area (Å²) < 4.78 is 13.6. The second-order valence-electron chi connectivity index (χ2n) is 3.56. The van der Waals surface area contributed by atoms with Crippen molar-refractivity contribution in [2.24, 2.45) is 5.92 Å². The van der Waals surface area contributed by atoms with Crippen molar-refractivity contribution in [1.29, 1.82) is 0 Å². The van der Waals surface area contributed by atoms with Crippen molar-refractivity contribution in [2.45, 2.75) is 25.9 Å². The van der Waals surface area contributed by atoms with Gasteiger partial charge in [0, 0.05) is 6.42 Å². The maximum Gasteiger partial charge on any atom is 0.309 e. The van der Waals surface area contributed by atoms with Crippen LogP contribution in [0.2, 0.25) is 0 Å². The number of halogens is 1. The summed E-state index contributed by atoms with van der Waals surface area (Å²) in [6, 6.07) is 9.11. The molecule has 15 heavy (non-hydrogen) atoms. The molecule has 0 fully saturated rings. The van der Waals surface area contributed by atoms with Crippen molar-refractivity contribution in [3.8, 4) is 0 Å². The molecular formula is C12H15FO2. The molecule has 1 aromatic rings. The molecule has 0 aliphatic heterocycles. The number of carboxylic acids is 1. The summed E-state index contributed by atoms with van der Waals surface area (Å²) in [6.07, 6.45) is -0.815. The fourth-order valence-corrected chi connectivity index (χ4v) is 1.57.